The molecule has 2 saturated carbocycles. The molecule has 5 heteroatoms. The highest BCUT2D eigenvalue weighted by molar-refractivity contribution is 6.09. The monoisotopic (exact) mass is 330 g/mol. The van der Waals surface area contributed by atoms with Crippen LogP contribution in [0.15, 0.2) is 12.2 Å². The Morgan fingerprint density at radius 3 is 2.04 bits per heavy atom. The van der Waals surface area contributed by atoms with E-state index in [0.717, 1.165) is 38.5 Å². The minimum Gasteiger partial charge on any atom is -0.352 e. The molecule has 5 atom stereocenters. The third kappa shape index (κ3) is 2.40. The Bertz CT molecular complexity index is 561. The molecule has 130 valence electrons. The second-order valence-corrected chi connectivity index (χ2v) is 7.91. The lowest BCUT2D eigenvalue weighted by molar-refractivity contribution is -0.147. The van der Waals surface area contributed by atoms with Crippen LogP contribution in [0.2, 0.25) is 0 Å². The topological polar surface area (TPSA) is 66.5 Å². The molecule has 5 rings (SSSR count). The first-order valence-corrected chi connectivity index (χ1v) is 9.43. The summed E-state index contributed by atoms with van der Waals surface area (Å²) in [5.41, 5.74) is 0. The van der Waals surface area contributed by atoms with Crippen LogP contribution in [0.5, 0.6) is 0 Å². The number of fused-ring (bicyclic) bond motifs is 1. The van der Waals surface area contributed by atoms with E-state index in [1.807, 2.05) is 0 Å². The molecule has 0 aromatic heterocycles. The molecule has 0 unspecified atom stereocenters. The third-order valence-corrected chi connectivity index (χ3v) is 6.51. The van der Waals surface area contributed by atoms with Gasteiger partial charge in [-0.2, -0.15) is 0 Å². The first-order chi connectivity index (χ1) is 11.6. The average molecular weight is 330 g/mol. The average Bonchev–Trinajstić information content (AvgIpc) is 2.89. The Kier molecular flexibility index (Phi) is 3.97. The fourth-order valence-corrected chi connectivity index (χ4v) is 5.16. The van der Waals surface area contributed by atoms with Crippen LogP contribution < -0.4 is 5.32 Å². The van der Waals surface area contributed by atoms with E-state index in [9.17, 15) is 14.4 Å². The Morgan fingerprint density at radius 2 is 1.54 bits per heavy atom. The zero-order chi connectivity index (χ0) is 16.8. The normalized spacial score (nSPS) is 36.8. The second-order valence-electron chi connectivity index (χ2n) is 7.91. The van der Waals surface area contributed by atoms with E-state index in [2.05, 4.69) is 17.5 Å². The van der Waals surface area contributed by atoms with Gasteiger partial charge in [-0.3, -0.25) is 19.3 Å². The van der Waals surface area contributed by atoms with Gasteiger partial charge < -0.3 is 5.32 Å². The third-order valence-electron chi connectivity index (χ3n) is 6.51. The Morgan fingerprint density at radius 1 is 1.00 bits per heavy atom. The van der Waals surface area contributed by atoms with Crippen LogP contribution in [0, 0.1) is 23.7 Å². The molecule has 0 spiro atoms. The molecule has 2 bridgehead atoms. The summed E-state index contributed by atoms with van der Waals surface area (Å²) in [6.07, 6.45) is 11.7. The Hall–Kier alpha value is -1.65. The van der Waals surface area contributed by atoms with E-state index in [0.29, 0.717) is 0 Å². The number of hydrogen-bond donors (Lipinski definition) is 1. The summed E-state index contributed by atoms with van der Waals surface area (Å²) in [4.78, 5) is 39.6. The molecule has 5 aliphatic rings. The molecular formula is C19H26N2O3. The van der Waals surface area contributed by atoms with E-state index >= 15 is 0 Å². The molecule has 5 nitrogen and oxygen atoms in total. The summed E-state index contributed by atoms with van der Waals surface area (Å²) in [7, 11) is 0. The molecule has 1 N–H and O–H groups in total. The number of carbonyl (C=O) groups is 3. The van der Waals surface area contributed by atoms with Gasteiger partial charge in [-0.05, 0) is 44.4 Å². The summed E-state index contributed by atoms with van der Waals surface area (Å²) < 4.78 is 0. The van der Waals surface area contributed by atoms with Crippen molar-refractivity contribution >= 4 is 17.7 Å². The van der Waals surface area contributed by atoms with Gasteiger partial charge in [-0.15, -0.1) is 0 Å². The first-order valence-electron chi connectivity index (χ1n) is 9.43. The van der Waals surface area contributed by atoms with Gasteiger partial charge in [0.05, 0.1) is 11.8 Å². The molecule has 4 aliphatic carbocycles. The second kappa shape index (κ2) is 6.01. The number of allylic oxidation sites excluding steroid dienone is 2. The van der Waals surface area contributed by atoms with Crippen molar-refractivity contribution in [3.05, 3.63) is 12.2 Å². The maximum Gasteiger partial charge on any atom is 0.243 e. The SMILES string of the molecule is C[C@@H](C(=O)NC1CCCCC1)N1C(=O)[C@@H]2[C@H](C1=O)[C@H]1C=C[C@H]2CC1. The lowest BCUT2D eigenvalue weighted by atomic mass is 9.63. The molecule has 0 radical (unpaired) electrons. The maximum atomic E-state index is 12.9. The predicted octanol–water partition coefficient (Wildman–Crippen LogP) is 2.02. The number of nitrogens with zero attached hydrogens (tertiary/aromatic N) is 1. The van der Waals surface area contributed by atoms with Crippen LogP contribution in [0.25, 0.3) is 0 Å². The van der Waals surface area contributed by atoms with Crippen LogP contribution in [-0.4, -0.2) is 34.7 Å². The minimum absolute atomic E-state index is 0.129. The fourth-order valence-electron chi connectivity index (χ4n) is 5.16. The number of likely N-dealkylation sites (tertiary alicyclic amines) is 1. The number of rotatable bonds is 3. The standard InChI is InChI=1S/C19H26N2O3/c1-11(17(22)20-14-5-3-2-4-6-14)21-18(23)15-12-7-8-13(10-9-12)16(15)19(21)24/h7-8,11-16H,2-6,9-10H2,1H3,(H,20,22)/t11-,12-,13-,15-,16+/m0/s1. The van der Waals surface area contributed by atoms with Crippen molar-refractivity contribution in [2.24, 2.45) is 23.7 Å². The number of nitrogens with one attached hydrogen (secondary N) is 1. The number of carbonyl (C=O) groups excluding carboxylic acids is 3. The molecule has 1 heterocycles. The molecule has 24 heavy (non-hydrogen) atoms. The summed E-state index contributed by atoms with van der Waals surface area (Å²) in [6.45, 7) is 1.70. The van der Waals surface area contributed by atoms with Crippen molar-refractivity contribution in [3.8, 4) is 0 Å². The first kappa shape index (κ1) is 15.9. The number of hydrogen-bond acceptors (Lipinski definition) is 3. The molecule has 0 aromatic carbocycles. The maximum absolute atomic E-state index is 12.9. The summed E-state index contributed by atoms with van der Waals surface area (Å²) in [6, 6.07) is -0.501. The zero-order valence-electron chi connectivity index (χ0n) is 14.2. The Balaban J connectivity index is 1.48. The van der Waals surface area contributed by atoms with Crippen molar-refractivity contribution in [2.45, 2.75) is 64.0 Å². The van der Waals surface area contributed by atoms with Gasteiger partial charge in [0.1, 0.15) is 6.04 Å². The van der Waals surface area contributed by atoms with Crippen LogP contribution >= 0.6 is 0 Å². The molecule has 1 saturated heterocycles. The summed E-state index contributed by atoms with van der Waals surface area (Å²) >= 11 is 0. The molecule has 3 amide bonds. The minimum atomic E-state index is -0.697. The van der Waals surface area contributed by atoms with Crippen LogP contribution in [-0.2, 0) is 14.4 Å². The van der Waals surface area contributed by atoms with Gasteiger partial charge in [-0.25, -0.2) is 0 Å². The van der Waals surface area contributed by atoms with Crippen LogP contribution in [0.4, 0.5) is 0 Å². The summed E-state index contributed by atoms with van der Waals surface area (Å²) in [5.74, 6) is -0.546. The molecule has 0 aromatic rings. The van der Waals surface area contributed by atoms with E-state index in [4.69, 9.17) is 0 Å². The number of imide groups is 1. The lowest BCUT2D eigenvalue weighted by Crippen LogP contribution is -2.51. The lowest BCUT2D eigenvalue weighted by Gasteiger charge is -2.38. The van der Waals surface area contributed by atoms with Gasteiger partial charge in [-0.1, -0.05) is 31.4 Å². The highest BCUT2D eigenvalue weighted by Gasteiger charge is 2.58. The van der Waals surface area contributed by atoms with Crippen molar-refractivity contribution in [1.82, 2.24) is 10.2 Å². The van der Waals surface area contributed by atoms with Crippen molar-refractivity contribution in [1.29, 1.82) is 0 Å². The van der Waals surface area contributed by atoms with E-state index in [1.54, 1.807) is 6.92 Å². The fraction of sp³-hybridized carbons (Fsp3) is 0.737. The number of amides is 3. The van der Waals surface area contributed by atoms with Crippen molar-refractivity contribution < 1.29 is 14.4 Å². The van der Waals surface area contributed by atoms with E-state index < -0.39 is 6.04 Å². The highest BCUT2D eigenvalue weighted by atomic mass is 16.2. The summed E-state index contributed by atoms with van der Waals surface area (Å²) in [5, 5.41) is 3.06. The van der Waals surface area contributed by atoms with Crippen LogP contribution in [0.1, 0.15) is 51.9 Å². The van der Waals surface area contributed by atoms with Gasteiger partial charge in [0.2, 0.25) is 17.7 Å². The Labute approximate surface area is 142 Å². The van der Waals surface area contributed by atoms with Gasteiger partial charge in [0.25, 0.3) is 0 Å². The van der Waals surface area contributed by atoms with Gasteiger partial charge >= 0.3 is 0 Å². The molecule has 3 fully saturated rings. The van der Waals surface area contributed by atoms with Gasteiger partial charge in [0.15, 0.2) is 0 Å². The smallest absolute Gasteiger partial charge is 0.243 e. The van der Waals surface area contributed by atoms with Crippen LogP contribution in [0.3, 0.4) is 0 Å². The molecular weight excluding hydrogens is 304 g/mol. The zero-order valence-corrected chi connectivity index (χ0v) is 14.2. The highest BCUT2D eigenvalue weighted by Crippen LogP contribution is 2.49. The van der Waals surface area contributed by atoms with Gasteiger partial charge in [0, 0.05) is 6.04 Å². The van der Waals surface area contributed by atoms with E-state index in [1.165, 1.54) is 11.3 Å². The van der Waals surface area contributed by atoms with Crippen molar-refractivity contribution in [2.75, 3.05) is 0 Å². The quantitative estimate of drug-likeness (QED) is 0.636. The van der Waals surface area contributed by atoms with E-state index in [-0.39, 0.29) is 47.4 Å². The van der Waals surface area contributed by atoms with Crippen molar-refractivity contribution in [3.63, 3.8) is 0 Å². The largest absolute Gasteiger partial charge is 0.352 e. The molecule has 1 aliphatic heterocycles. The predicted molar refractivity (Wildman–Crippen MR) is 88.7 cm³/mol.